The highest BCUT2D eigenvalue weighted by atomic mass is 35.5. The van der Waals surface area contributed by atoms with Crippen LogP contribution in [0.2, 0.25) is 10.0 Å². The van der Waals surface area contributed by atoms with Gasteiger partial charge in [-0.25, -0.2) is 4.79 Å². The summed E-state index contributed by atoms with van der Waals surface area (Å²) in [5.41, 5.74) is 5.92. The molecule has 3 rings (SSSR count). The van der Waals surface area contributed by atoms with Gasteiger partial charge in [-0.2, -0.15) is 4.68 Å². The highest BCUT2D eigenvalue weighted by Crippen LogP contribution is 2.37. The first-order chi connectivity index (χ1) is 13.2. The highest BCUT2D eigenvalue weighted by Gasteiger charge is 2.18. The van der Waals surface area contributed by atoms with Gasteiger partial charge in [-0.05, 0) is 29.7 Å². The van der Waals surface area contributed by atoms with Gasteiger partial charge in [-0.15, -0.1) is 5.10 Å². The number of benzene rings is 1. The van der Waals surface area contributed by atoms with Crippen LogP contribution < -0.4 is 27.0 Å². The zero-order valence-corrected chi connectivity index (χ0v) is 16.6. The van der Waals surface area contributed by atoms with Gasteiger partial charge in [0.1, 0.15) is 5.76 Å². The molecule has 4 N–H and O–H groups in total. The van der Waals surface area contributed by atoms with Gasteiger partial charge in [-0.3, -0.25) is 9.78 Å². The van der Waals surface area contributed by atoms with Crippen LogP contribution in [-0.2, 0) is 0 Å². The molecule has 0 amide bonds. The Kier molecular flexibility index (Phi) is 5.35. The molecule has 0 saturated heterocycles. The van der Waals surface area contributed by atoms with E-state index in [0.717, 1.165) is 16.0 Å². The van der Waals surface area contributed by atoms with Gasteiger partial charge in [0.15, 0.2) is 5.75 Å². The molecule has 28 heavy (non-hydrogen) atoms. The van der Waals surface area contributed by atoms with Crippen molar-refractivity contribution < 1.29 is 4.74 Å². The third kappa shape index (κ3) is 3.83. The Labute approximate surface area is 169 Å². The second-order valence-corrected chi connectivity index (χ2v) is 7.14. The normalized spacial score (nSPS) is 13.8. The molecular weight excluding hydrogens is 405 g/mol. The lowest BCUT2D eigenvalue weighted by Gasteiger charge is -2.21. The van der Waals surface area contributed by atoms with Gasteiger partial charge in [0.2, 0.25) is 5.82 Å². The second-order valence-electron chi connectivity index (χ2n) is 6.32. The number of aromatic nitrogens is 3. The van der Waals surface area contributed by atoms with Crippen LogP contribution in [-0.4, -0.2) is 14.8 Å². The molecule has 1 aliphatic heterocycles. The Morgan fingerprint density at radius 2 is 1.89 bits per heavy atom. The van der Waals surface area contributed by atoms with Crippen LogP contribution in [0.4, 0.5) is 5.82 Å². The SMILES string of the molecule is C=C1NC=C(Oc2c(Cl)cc(-n3nc(N)c(=O)[nH]c3=O)cc2Cl)C=C1C(C)C. The number of allylic oxidation sites excluding steroid dienone is 2. The minimum atomic E-state index is -0.776. The fraction of sp³-hybridized carbons (Fsp3) is 0.167. The second kappa shape index (κ2) is 7.57. The maximum Gasteiger partial charge on any atom is 0.349 e. The average Bonchev–Trinajstić information content (AvgIpc) is 2.62. The smallest absolute Gasteiger partial charge is 0.349 e. The van der Waals surface area contributed by atoms with Crippen molar-refractivity contribution in [2.45, 2.75) is 13.8 Å². The summed E-state index contributed by atoms with van der Waals surface area (Å²) >= 11 is 12.6. The van der Waals surface area contributed by atoms with Crippen LogP contribution in [0.15, 0.2) is 57.6 Å². The molecule has 0 fully saturated rings. The topological polar surface area (TPSA) is 115 Å². The first kappa shape index (κ1) is 19.8. The summed E-state index contributed by atoms with van der Waals surface area (Å²) in [6.07, 6.45) is 3.49. The summed E-state index contributed by atoms with van der Waals surface area (Å²) in [5.74, 6) is 0.579. The van der Waals surface area contributed by atoms with E-state index >= 15 is 0 Å². The number of nitrogens with one attached hydrogen (secondary N) is 2. The molecule has 1 aliphatic rings. The van der Waals surface area contributed by atoms with Crippen molar-refractivity contribution in [3.8, 4) is 11.4 Å². The minimum Gasteiger partial charge on any atom is -0.453 e. The molecular formula is C18H17Cl2N5O3. The number of halogens is 2. The van der Waals surface area contributed by atoms with E-state index in [4.69, 9.17) is 33.7 Å². The summed E-state index contributed by atoms with van der Waals surface area (Å²) < 4.78 is 6.73. The molecule has 10 heteroatoms. The zero-order chi connectivity index (χ0) is 20.6. The van der Waals surface area contributed by atoms with Crippen LogP contribution in [0.5, 0.6) is 5.75 Å². The van der Waals surface area contributed by atoms with Crippen molar-refractivity contribution in [3.05, 3.63) is 78.9 Å². The van der Waals surface area contributed by atoms with Gasteiger partial charge in [0.25, 0.3) is 5.56 Å². The number of dihydropyridines is 1. The molecule has 0 unspecified atom stereocenters. The van der Waals surface area contributed by atoms with Crippen molar-refractivity contribution in [2.75, 3.05) is 5.73 Å². The minimum absolute atomic E-state index is 0.144. The molecule has 8 nitrogen and oxygen atoms in total. The van der Waals surface area contributed by atoms with Gasteiger partial charge >= 0.3 is 5.69 Å². The number of ether oxygens (including phenoxy) is 1. The van der Waals surface area contributed by atoms with Gasteiger partial charge in [0, 0.05) is 11.9 Å². The number of anilines is 1. The van der Waals surface area contributed by atoms with E-state index in [9.17, 15) is 9.59 Å². The molecule has 0 saturated carbocycles. The monoisotopic (exact) mass is 421 g/mol. The zero-order valence-electron chi connectivity index (χ0n) is 15.0. The lowest BCUT2D eigenvalue weighted by Crippen LogP contribution is -2.33. The van der Waals surface area contributed by atoms with Gasteiger partial charge < -0.3 is 15.8 Å². The number of nitrogen functional groups attached to an aromatic ring is 1. The molecule has 0 radical (unpaired) electrons. The van der Waals surface area contributed by atoms with Crippen molar-refractivity contribution in [1.82, 2.24) is 20.1 Å². The quantitative estimate of drug-likeness (QED) is 0.698. The third-order valence-corrected chi connectivity index (χ3v) is 4.52. The molecule has 0 aliphatic carbocycles. The van der Waals surface area contributed by atoms with Crippen LogP contribution in [0.25, 0.3) is 5.69 Å². The summed E-state index contributed by atoms with van der Waals surface area (Å²) in [6.45, 7) is 8.03. The van der Waals surface area contributed by atoms with Crippen molar-refractivity contribution >= 4 is 29.0 Å². The van der Waals surface area contributed by atoms with Crippen molar-refractivity contribution in [1.29, 1.82) is 0 Å². The van der Waals surface area contributed by atoms with Crippen LogP contribution in [0.3, 0.4) is 0 Å². The first-order valence-electron chi connectivity index (χ1n) is 8.21. The molecule has 146 valence electrons. The van der Waals surface area contributed by atoms with Gasteiger partial charge in [0.05, 0.1) is 15.7 Å². The number of hydrogen-bond donors (Lipinski definition) is 3. The molecule has 1 aromatic carbocycles. The first-order valence-corrected chi connectivity index (χ1v) is 8.97. The summed E-state index contributed by atoms with van der Waals surface area (Å²) in [6, 6.07) is 2.86. The molecule has 0 atom stereocenters. The number of aromatic amines is 1. The van der Waals surface area contributed by atoms with E-state index in [1.54, 1.807) is 6.20 Å². The van der Waals surface area contributed by atoms with E-state index in [2.05, 4.69) is 22.0 Å². The summed E-state index contributed by atoms with van der Waals surface area (Å²) in [7, 11) is 0. The number of nitrogens with two attached hydrogens (primary N) is 1. The predicted octanol–water partition coefficient (Wildman–Crippen LogP) is 2.73. The Bertz CT molecular complexity index is 1120. The Balaban J connectivity index is 1.98. The lowest BCUT2D eigenvalue weighted by atomic mass is 9.98. The van der Waals surface area contributed by atoms with E-state index < -0.39 is 11.2 Å². The fourth-order valence-corrected chi connectivity index (χ4v) is 3.12. The molecule has 0 spiro atoms. The van der Waals surface area contributed by atoms with Crippen LogP contribution in [0.1, 0.15) is 13.8 Å². The van der Waals surface area contributed by atoms with E-state index in [0.29, 0.717) is 5.76 Å². The standard InChI is InChI=1S/C18H17Cl2N5O3/c1-8(2)12-6-11(7-22-9(12)3)28-15-13(19)4-10(5-14(15)20)25-18(27)23-17(26)16(21)24-25/h4-8,22H,3H2,1-2H3,(H2,21,24)(H,23,26,27). The molecule has 2 aromatic rings. The largest absolute Gasteiger partial charge is 0.453 e. The van der Waals surface area contributed by atoms with Crippen molar-refractivity contribution in [2.24, 2.45) is 5.92 Å². The lowest BCUT2D eigenvalue weighted by molar-refractivity contribution is 0.436. The Hall–Kier alpha value is -2.97. The maximum atomic E-state index is 12.0. The van der Waals surface area contributed by atoms with E-state index in [-0.39, 0.29) is 33.2 Å². The number of hydrogen-bond acceptors (Lipinski definition) is 6. The predicted molar refractivity (Wildman–Crippen MR) is 109 cm³/mol. The molecule has 0 bridgehead atoms. The van der Waals surface area contributed by atoms with Crippen LogP contribution in [0, 0.1) is 5.92 Å². The molecule has 1 aromatic heterocycles. The third-order valence-electron chi connectivity index (χ3n) is 3.96. The van der Waals surface area contributed by atoms with E-state index in [1.807, 2.05) is 19.9 Å². The van der Waals surface area contributed by atoms with Crippen LogP contribution >= 0.6 is 23.2 Å². The maximum absolute atomic E-state index is 12.0. The van der Waals surface area contributed by atoms with Gasteiger partial charge in [-0.1, -0.05) is 43.6 Å². The molecule has 2 heterocycles. The Morgan fingerprint density at radius 1 is 1.25 bits per heavy atom. The average molecular weight is 422 g/mol. The number of H-pyrrole nitrogens is 1. The fourth-order valence-electron chi connectivity index (χ4n) is 2.57. The Morgan fingerprint density at radius 3 is 2.50 bits per heavy atom. The summed E-state index contributed by atoms with van der Waals surface area (Å²) in [4.78, 5) is 25.4. The van der Waals surface area contributed by atoms with E-state index in [1.165, 1.54) is 12.1 Å². The summed E-state index contributed by atoms with van der Waals surface area (Å²) in [5, 5.41) is 7.08. The van der Waals surface area contributed by atoms with Crippen molar-refractivity contribution in [3.63, 3.8) is 0 Å². The highest BCUT2D eigenvalue weighted by molar-refractivity contribution is 6.37. The number of nitrogens with zero attached hydrogens (tertiary/aromatic N) is 2. The number of rotatable bonds is 4.